The maximum Gasteiger partial charge on any atom is 0.230 e. The van der Waals surface area contributed by atoms with Crippen molar-refractivity contribution in [3.05, 3.63) is 44.5 Å². The molecule has 1 aromatic carbocycles. The predicted molar refractivity (Wildman–Crippen MR) is 46.9 cm³/mol. The monoisotopic (exact) mass is 185 g/mol. The Morgan fingerprint density at radius 1 is 1.58 bits per heavy atom. The van der Waals surface area contributed by atoms with E-state index in [1.165, 1.54) is 0 Å². The first-order valence-electron chi connectivity index (χ1n) is 3.46. The molecule has 0 saturated carbocycles. The molecule has 0 N–H and O–H groups in total. The molecule has 0 radical (unpaired) electrons. The van der Waals surface area contributed by atoms with Crippen LogP contribution in [0, 0.1) is 17.0 Å². The number of benzene rings is 1. The number of hydrogen-bond donors (Lipinski definition) is 0. The zero-order chi connectivity index (χ0) is 9.14. The second-order valence-electron chi connectivity index (χ2n) is 2.59. The smallest absolute Gasteiger partial charge is 0.230 e. The average molecular weight is 186 g/mol. The van der Waals surface area contributed by atoms with E-state index < -0.39 is 0 Å². The van der Waals surface area contributed by atoms with Crippen LogP contribution in [0.15, 0.2) is 18.2 Å². The highest BCUT2D eigenvalue weighted by Gasteiger charge is 2.05. The topological polar surface area (TPSA) is 43.1 Å². The van der Waals surface area contributed by atoms with Gasteiger partial charge in [0.25, 0.3) is 0 Å². The number of nitro groups is 1. The Kier molecular flexibility index (Phi) is 2.65. The number of aryl methyl sites for hydroxylation is 1. The SMILES string of the molecule is Cc1ccc(Cl)c(C[N+](=O)[O-])c1. The highest BCUT2D eigenvalue weighted by molar-refractivity contribution is 6.31. The number of nitrogens with zero attached hydrogens (tertiary/aromatic N) is 1. The highest BCUT2D eigenvalue weighted by Crippen LogP contribution is 2.17. The van der Waals surface area contributed by atoms with Crippen molar-refractivity contribution in [2.75, 3.05) is 0 Å². The first-order valence-corrected chi connectivity index (χ1v) is 3.84. The van der Waals surface area contributed by atoms with E-state index >= 15 is 0 Å². The van der Waals surface area contributed by atoms with Gasteiger partial charge in [-0.25, -0.2) is 0 Å². The quantitative estimate of drug-likeness (QED) is 0.525. The van der Waals surface area contributed by atoms with Crippen molar-refractivity contribution < 1.29 is 4.92 Å². The summed E-state index contributed by atoms with van der Waals surface area (Å²) in [4.78, 5) is 9.79. The molecule has 0 unspecified atom stereocenters. The van der Waals surface area contributed by atoms with Crippen LogP contribution in [0.25, 0.3) is 0 Å². The van der Waals surface area contributed by atoms with Gasteiger partial charge in [0, 0.05) is 10.5 Å². The number of hydrogen-bond acceptors (Lipinski definition) is 2. The number of halogens is 1. The summed E-state index contributed by atoms with van der Waals surface area (Å²) in [5.74, 6) is 0. The van der Waals surface area contributed by atoms with Crippen LogP contribution in [0.3, 0.4) is 0 Å². The van der Waals surface area contributed by atoms with E-state index in [0.29, 0.717) is 10.6 Å². The summed E-state index contributed by atoms with van der Waals surface area (Å²) in [6.07, 6.45) is 0. The Hall–Kier alpha value is -1.09. The lowest BCUT2D eigenvalue weighted by Crippen LogP contribution is -1.98. The van der Waals surface area contributed by atoms with Crippen molar-refractivity contribution in [2.45, 2.75) is 13.5 Å². The summed E-state index contributed by atoms with van der Waals surface area (Å²) < 4.78 is 0. The molecule has 0 heterocycles. The van der Waals surface area contributed by atoms with Crippen LogP contribution < -0.4 is 0 Å². The molecule has 0 aliphatic carbocycles. The minimum atomic E-state index is -0.388. The van der Waals surface area contributed by atoms with Gasteiger partial charge in [-0.1, -0.05) is 23.2 Å². The Balaban J connectivity index is 2.97. The van der Waals surface area contributed by atoms with Gasteiger partial charge in [-0.2, -0.15) is 0 Å². The van der Waals surface area contributed by atoms with Gasteiger partial charge in [-0.15, -0.1) is 0 Å². The highest BCUT2D eigenvalue weighted by atomic mass is 35.5. The van der Waals surface area contributed by atoms with Crippen LogP contribution in [-0.2, 0) is 6.54 Å². The van der Waals surface area contributed by atoms with E-state index in [1.807, 2.05) is 13.0 Å². The van der Waals surface area contributed by atoms with Crippen LogP contribution in [0.4, 0.5) is 0 Å². The van der Waals surface area contributed by atoms with Crippen LogP contribution in [0.1, 0.15) is 11.1 Å². The Bertz CT molecular complexity index is 312. The van der Waals surface area contributed by atoms with Crippen LogP contribution >= 0.6 is 11.6 Å². The zero-order valence-corrected chi connectivity index (χ0v) is 7.34. The molecule has 4 heteroatoms. The molecule has 0 spiro atoms. The molecule has 3 nitrogen and oxygen atoms in total. The van der Waals surface area contributed by atoms with Crippen LogP contribution in [-0.4, -0.2) is 4.92 Å². The van der Waals surface area contributed by atoms with Crippen LogP contribution in [0.5, 0.6) is 0 Å². The molecular weight excluding hydrogens is 178 g/mol. The molecular formula is C8H8ClNO2. The van der Waals surface area contributed by atoms with Crippen molar-refractivity contribution in [1.82, 2.24) is 0 Å². The summed E-state index contributed by atoms with van der Waals surface area (Å²) in [6.45, 7) is 1.67. The van der Waals surface area contributed by atoms with Gasteiger partial charge in [-0.3, -0.25) is 10.1 Å². The normalized spacial score (nSPS) is 9.83. The number of rotatable bonds is 2. The average Bonchev–Trinajstić information content (AvgIpc) is 1.96. The van der Waals surface area contributed by atoms with Gasteiger partial charge < -0.3 is 0 Å². The molecule has 0 aliphatic heterocycles. The molecule has 0 fully saturated rings. The molecule has 64 valence electrons. The summed E-state index contributed by atoms with van der Waals surface area (Å²) in [7, 11) is 0. The lowest BCUT2D eigenvalue weighted by atomic mass is 10.1. The minimum absolute atomic E-state index is 0.208. The van der Waals surface area contributed by atoms with Gasteiger partial charge in [0.15, 0.2) is 0 Å². The maximum atomic E-state index is 10.2. The van der Waals surface area contributed by atoms with E-state index in [9.17, 15) is 10.1 Å². The van der Waals surface area contributed by atoms with Gasteiger partial charge in [-0.05, 0) is 19.1 Å². The maximum absolute atomic E-state index is 10.2. The van der Waals surface area contributed by atoms with E-state index in [4.69, 9.17) is 11.6 Å². The standard InChI is InChI=1S/C8H8ClNO2/c1-6-2-3-8(9)7(4-6)5-10(11)12/h2-4H,5H2,1H3. The van der Waals surface area contributed by atoms with E-state index in [-0.39, 0.29) is 11.5 Å². The summed E-state index contributed by atoms with van der Waals surface area (Å²) in [5, 5.41) is 10.6. The summed E-state index contributed by atoms with van der Waals surface area (Å²) in [5.41, 5.74) is 1.55. The lowest BCUT2D eigenvalue weighted by Gasteiger charge is -1.99. The molecule has 1 aromatic rings. The predicted octanol–water partition coefficient (Wildman–Crippen LogP) is 2.43. The Morgan fingerprint density at radius 3 is 2.83 bits per heavy atom. The Labute approximate surface area is 75.1 Å². The van der Waals surface area contributed by atoms with E-state index in [2.05, 4.69) is 0 Å². The van der Waals surface area contributed by atoms with Crippen molar-refractivity contribution in [3.63, 3.8) is 0 Å². The first-order chi connectivity index (χ1) is 5.59. The van der Waals surface area contributed by atoms with E-state index in [1.54, 1.807) is 12.1 Å². The third-order valence-electron chi connectivity index (χ3n) is 1.50. The minimum Gasteiger partial charge on any atom is -0.264 e. The van der Waals surface area contributed by atoms with Crippen molar-refractivity contribution >= 4 is 11.6 Å². The van der Waals surface area contributed by atoms with Gasteiger partial charge in [0.2, 0.25) is 6.54 Å². The molecule has 0 saturated heterocycles. The van der Waals surface area contributed by atoms with Crippen molar-refractivity contribution in [3.8, 4) is 0 Å². The molecule has 0 aromatic heterocycles. The van der Waals surface area contributed by atoms with Gasteiger partial charge in [0.05, 0.1) is 5.02 Å². The summed E-state index contributed by atoms with van der Waals surface area (Å²) >= 11 is 5.74. The first kappa shape index (κ1) is 9.00. The molecule has 0 amide bonds. The molecule has 1 rings (SSSR count). The second-order valence-corrected chi connectivity index (χ2v) is 2.99. The van der Waals surface area contributed by atoms with Crippen LogP contribution in [0.2, 0.25) is 5.02 Å². The third-order valence-corrected chi connectivity index (χ3v) is 1.87. The molecule has 0 bridgehead atoms. The zero-order valence-electron chi connectivity index (χ0n) is 6.58. The van der Waals surface area contributed by atoms with Gasteiger partial charge >= 0.3 is 0 Å². The fourth-order valence-electron chi connectivity index (χ4n) is 0.964. The Morgan fingerprint density at radius 2 is 2.25 bits per heavy atom. The second kappa shape index (κ2) is 3.54. The summed E-state index contributed by atoms with van der Waals surface area (Å²) in [6, 6.07) is 5.23. The lowest BCUT2D eigenvalue weighted by molar-refractivity contribution is -0.496. The van der Waals surface area contributed by atoms with E-state index in [0.717, 1.165) is 5.56 Å². The van der Waals surface area contributed by atoms with Crippen molar-refractivity contribution in [1.29, 1.82) is 0 Å². The molecule has 0 atom stereocenters. The molecule has 12 heavy (non-hydrogen) atoms. The largest absolute Gasteiger partial charge is 0.264 e. The van der Waals surface area contributed by atoms with Gasteiger partial charge in [0.1, 0.15) is 0 Å². The third kappa shape index (κ3) is 2.20. The molecule has 0 aliphatic rings. The fraction of sp³-hybridized carbons (Fsp3) is 0.250. The fourth-order valence-corrected chi connectivity index (χ4v) is 1.14. The van der Waals surface area contributed by atoms with Crippen molar-refractivity contribution in [2.24, 2.45) is 0 Å².